The Balaban J connectivity index is 0.000000370. The van der Waals surface area contributed by atoms with Gasteiger partial charge in [0.05, 0.1) is 12.1 Å². The number of ether oxygens (including phenoxy) is 1. The number of aromatic nitrogens is 1. The number of methoxy groups -OCH3 is 1. The lowest BCUT2D eigenvalue weighted by Crippen LogP contribution is -2.53. The average Bonchev–Trinajstić information content (AvgIpc) is 3.10. The fourth-order valence-electron chi connectivity index (χ4n) is 3.92. The Morgan fingerprint density at radius 2 is 2.03 bits per heavy atom. The van der Waals surface area contributed by atoms with Crippen LogP contribution in [0.25, 0.3) is 0 Å². The second-order valence-corrected chi connectivity index (χ2v) is 7.09. The molecule has 0 saturated carbocycles. The lowest BCUT2D eigenvalue weighted by Gasteiger charge is -2.41. The number of rotatable bonds is 4. The van der Waals surface area contributed by atoms with Crippen LogP contribution in [0.4, 0.5) is 13.2 Å². The summed E-state index contributed by atoms with van der Waals surface area (Å²) in [6, 6.07) is 4.38. The molecule has 2 fully saturated rings. The number of nitrogens with zero attached hydrogens (tertiary/aromatic N) is 3. The number of piperidine rings is 1. The van der Waals surface area contributed by atoms with Gasteiger partial charge in [-0.25, -0.2) is 4.79 Å². The van der Waals surface area contributed by atoms with Crippen molar-refractivity contribution in [3.05, 3.63) is 30.1 Å². The van der Waals surface area contributed by atoms with Crippen LogP contribution in [-0.2, 0) is 20.9 Å². The molecule has 3 atom stereocenters. The van der Waals surface area contributed by atoms with Gasteiger partial charge in [0.15, 0.2) is 0 Å². The molecule has 1 amide bonds. The van der Waals surface area contributed by atoms with Crippen LogP contribution >= 0.6 is 0 Å². The molecule has 0 spiro atoms. The van der Waals surface area contributed by atoms with Crippen molar-refractivity contribution in [3.8, 4) is 0 Å². The smallest absolute Gasteiger partial charge is 0.475 e. The molecule has 2 saturated heterocycles. The van der Waals surface area contributed by atoms with Crippen LogP contribution in [0.3, 0.4) is 0 Å². The number of carboxylic acids is 1. The molecule has 2 aliphatic heterocycles. The first kappa shape index (κ1) is 23.1. The first-order chi connectivity index (χ1) is 13.7. The van der Waals surface area contributed by atoms with Crippen LogP contribution in [0.1, 0.15) is 25.3 Å². The molecule has 7 nitrogen and oxygen atoms in total. The monoisotopic (exact) mass is 417 g/mol. The van der Waals surface area contributed by atoms with Crippen LogP contribution in [-0.4, -0.2) is 76.8 Å². The summed E-state index contributed by atoms with van der Waals surface area (Å²) in [6.07, 6.45) is 0.443. The van der Waals surface area contributed by atoms with Crippen molar-refractivity contribution in [3.63, 3.8) is 0 Å². The van der Waals surface area contributed by atoms with Gasteiger partial charge in [-0.2, -0.15) is 13.2 Å². The van der Waals surface area contributed by atoms with Crippen LogP contribution in [0.15, 0.2) is 24.5 Å². The predicted molar refractivity (Wildman–Crippen MR) is 97.9 cm³/mol. The standard InChI is InChI=1S/C17H25N3O2.C2HF3O2/c1-3-17(21)20-8-6-16(22-2)14-11-19(12-15(14)20)10-13-5-4-7-18-9-13;3-2(4,5)1(6)7/h4-5,7,9,14-16H,3,6,8,10-12H2,1-2H3;(H,6,7)/t14-,15+,16+;/m0./s1. The Kier molecular flexibility index (Phi) is 7.97. The third kappa shape index (κ3) is 6.14. The quantitative estimate of drug-likeness (QED) is 0.809. The summed E-state index contributed by atoms with van der Waals surface area (Å²) in [5.41, 5.74) is 1.23. The van der Waals surface area contributed by atoms with Crippen molar-refractivity contribution < 1.29 is 32.6 Å². The molecule has 0 bridgehead atoms. The molecule has 3 heterocycles. The lowest BCUT2D eigenvalue weighted by atomic mass is 9.89. The van der Waals surface area contributed by atoms with Gasteiger partial charge in [-0.3, -0.25) is 14.7 Å². The molecule has 10 heteroatoms. The molecule has 0 aromatic carbocycles. The number of fused-ring (bicyclic) bond motifs is 1. The maximum absolute atomic E-state index is 12.2. The third-order valence-corrected chi connectivity index (χ3v) is 5.24. The van der Waals surface area contributed by atoms with E-state index in [4.69, 9.17) is 14.6 Å². The van der Waals surface area contributed by atoms with Crippen LogP contribution in [0, 0.1) is 5.92 Å². The Bertz CT molecular complexity index is 687. The summed E-state index contributed by atoms with van der Waals surface area (Å²) in [6.45, 7) is 5.59. The zero-order valence-electron chi connectivity index (χ0n) is 16.4. The van der Waals surface area contributed by atoms with Gasteiger partial charge in [0, 0.05) is 58.0 Å². The fraction of sp³-hybridized carbons (Fsp3) is 0.632. The number of carbonyl (C=O) groups is 2. The van der Waals surface area contributed by atoms with E-state index in [2.05, 4.69) is 20.9 Å². The number of hydrogen-bond acceptors (Lipinski definition) is 5. The number of amides is 1. The second-order valence-electron chi connectivity index (χ2n) is 7.09. The van der Waals surface area contributed by atoms with Gasteiger partial charge in [-0.05, 0) is 18.1 Å². The Morgan fingerprint density at radius 1 is 1.34 bits per heavy atom. The summed E-state index contributed by atoms with van der Waals surface area (Å²) < 4.78 is 37.4. The highest BCUT2D eigenvalue weighted by Gasteiger charge is 2.45. The van der Waals surface area contributed by atoms with E-state index in [1.54, 1.807) is 13.3 Å². The van der Waals surface area contributed by atoms with E-state index in [0.717, 1.165) is 32.6 Å². The van der Waals surface area contributed by atoms with Crippen LogP contribution in [0.2, 0.25) is 0 Å². The molecule has 1 aromatic rings. The molecule has 162 valence electrons. The minimum absolute atomic E-state index is 0.268. The Hall–Kier alpha value is -2.20. The number of aliphatic carboxylic acids is 1. The van der Waals surface area contributed by atoms with E-state index < -0.39 is 12.1 Å². The maximum Gasteiger partial charge on any atom is 0.490 e. The minimum atomic E-state index is -5.08. The Labute approximate surface area is 167 Å². The predicted octanol–water partition coefficient (Wildman–Crippen LogP) is 2.17. The highest BCUT2D eigenvalue weighted by Crippen LogP contribution is 2.33. The largest absolute Gasteiger partial charge is 0.490 e. The highest BCUT2D eigenvalue weighted by molar-refractivity contribution is 5.76. The number of alkyl halides is 3. The summed E-state index contributed by atoms with van der Waals surface area (Å²) in [4.78, 5) is 29.8. The van der Waals surface area contributed by atoms with E-state index in [1.807, 2.05) is 19.2 Å². The molecular formula is C19H26F3N3O4. The minimum Gasteiger partial charge on any atom is -0.475 e. The van der Waals surface area contributed by atoms with E-state index in [1.165, 1.54) is 5.56 Å². The van der Waals surface area contributed by atoms with E-state index >= 15 is 0 Å². The number of hydrogen-bond donors (Lipinski definition) is 1. The van der Waals surface area contributed by atoms with Gasteiger partial charge in [0.1, 0.15) is 0 Å². The van der Waals surface area contributed by atoms with Crippen LogP contribution < -0.4 is 0 Å². The zero-order chi connectivity index (χ0) is 21.6. The third-order valence-electron chi connectivity index (χ3n) is 5.24. The van der Waals surface area contributed by atoms with Crippen molar-refractivity contribution >= 4 is 11.9 Å². The maximum atomic E-state index is 12.2. The molecule has 1 aromatic heterocycles. The van der Waals surface area contributed by atoms with Gasteiger partial charge < -0.3 is 14.7 Å². The highest BCUT2D eigenvalue weighted by atomic mass is 19.4. The van der Waals surface area contributed by atoms with Crippen molar-refractivity contribution in [2.45, 2.75) is 44.6 Å². The second kappa shape index (κ2) is 10.0. The van der Waals surface area contributed by atoms with E-state index in [9.17, 15) is 18.0 Å². The van der Waals surface area contributed by atoms with Crippen molar-refractivity contribution in [2.75, 3.05) is 26.7 Å². The lowest BCUT2D eigenvalue weighted by molar-refractivity contribution is -0.192. The van der Waals surface area contributed by atoms with Crippen molar-refractivity contribution in [1.29, 1.82) is 0 Å². The Morgan fingerprint density at radius 3 is 2.55 bits per heavy atom. The van der Waals surface area contributed by atoms with Gasteiger partial charge in [-0.1, -0.05) is 13.0 Å². The molecule has 3 rings (SSSR count). The molecule has 0 unspecified atom stereocenters. The number of halogens is 3. The number of carboxylic acid groups (broad SMARTS) is 1. The SMILES string of the molecule is CCC(=O)N1CC[C@@H](OC)[C@H]2CN(Cc3cccnc3)C[C@H]21.O=C(O)C(F)(F)F. The molecule has 0 aliphatic carbocycles. The van der Waals surface area contributed by atoms with Crippen molar-refractivity contribution in [2.24, 2.45) is 5.92 Å². The average molecular weight is 417 g/mol. The molecule has 1 N–H and O–H groups in total. The number of likely N-dealkylation sites (tertiary alicyclic amines) is 2. The molecule has 2 aliphatic rings. The zero-order valence-corrected chi connectivity index (χ0v) is 16.4. The summed E-state index contributed by atoms with van der Waals surface area (Å²) >= 11 is 0. The molecule has 29 heavy (non-hydrogen) atoms. The van der Waals surface area contributed by atoms with E-state index in [-0.39, 0.29) is 12.0 Å². The number of carbonyl (C=O) groups excluding carboxylic acids is 1. The van der Waals surface area contributed by atoms with Gasteiger partial charge in [0.2, 0.25) is 5.91 Å². The van der Waals surface area contributed by atoms with Gasteiger partial charge >= 0.3 is 12.1 Å². The normalized spacial score (nSPS) is 24.4. The molecule has 0 radical (unpaired) electrons. The van der Waals surface area contributed by atoms with Gasteiger partial charge in [-0.15, -0.1) is 0 Å². The fourth-order valence-corrected chi connectivity index (χ4v) is 3.92. The topological polar surface area (TPSA) is 83.0 Å². The summed E-state index contributed by atoms with van der Waals surface area (Å²) in [7, 11) is 1.79. The van der Waals surface area contributed by atoms with E-state index in [0.29, 0.717) is 18.4 Å². The first-order valence-corrected chi connectivity index (χ1v) is 9.41. The summed E-state index contributed by atoms with van der Waals surface area (Å²) in [5, 5.41) is 7.12. The van der Waals surface area contributed by atoms with Crippen LogP contribution in [0.5, 0.6) is 0 Å². The van der Waals surface area contributed by atoms with Crippen molar-refractivity contribution in [1.82, 2.24) is 14.8 Å². The van der Waals surface area contributed by atoms with Gasteiger partial charge in [0.25, 0.3) is 0 Å². The summed E-state index contributed by atoms with van der Waals surface area (Å²) in [5.74, 6) is -2.06. The molecular weight excluding hydrogens is 391 g/mol. The first-order valence-electron chi connectivity index (χ1n) is 9.41. The number of pyridine rings is 1.